The summed E-state index contributed by atoms with van der Waals surface area (Å²) >= 11 is 0. The Bertz CT molecular complexity index is 199. The van der Waals surface area contributed by atoms with Crippen molar-refractivity contribution < 1.29 is 4.74 Å². The van der Waals surface area contributed by atoms with E-state index in [1.54, 1.807) is 0 Å². The van der Waals surface area contributed by atoms with Gasteiger partial charge in [-0.05, 0) is 45.2 Å². The Balaban J connectivity index is 2.22. The van der Waals surface area contributed by atoms with Gasteiger partial charge in [-0.1, -0.05) is 20.3 Å². The molecule has 0 aromatic heterocycles. The Morgan fingerprint density at radius 1 is 1.28 bits per heavy atom. The molecule has 18 heavy (non-hydrogen) atoms. The second kappa shape index (κ2) is 9.76. The normalized spacial score (nSPS) is 25.5. The maximum Gasteiger partial charge on any atom is 0.0478 e. The van der Waals surface area contributed by atoms with Gasteiger partial charge in [0.2, 0.25) is 0 Å². The van der Waals surface area contributed by atoms with E-state index in [0.29, 0.717) is 0 Å². The predicted octanol–water partition coefficient (Wildman–Crippen LogP) is 2.51. The lowest BCUT2D eigenvalue weighted by molar-refractivity contribution is 0.104. The van der Waals surface area contributed by atoms with Gasteiger partial charge in [0.1, 0.15) is 0 Å². The van der Waals surface area contributed by atoms with E-state index in [1.807, 2.05) is 0 Å². The Kier molecular flexibility index (Phi) is 8.64. The second-order valence-electron chi connectivity index (χ2n) is 5.37. The molecular weight excluding hydrogens is 224 g/mol. The third-order valence-electron chi connectivity index (χ3n) is 3.97. The van der Waals surface area contributed by atoms with Gasteiger partial charge >= 0.3 is 0 Å². The van der Waals surface area contributed by atoms with Crippen molar-refractivity contribution in [2.24, 2.45) is 5.92 Å². The van der Waals surface area contributed by atoms with E-state index in [-0.39, 0.29) is 0 Å². The first-order chi connectivity index (χ1) is 8.81. The van der Waals surface area contributed by atoms with Gasteiger partial charge in [-0.3, -0.25) is 0 Å². The van der Waals surface area contributed by atoms with Crippen LogP contribution in [0.5, 0.6) is 0 Å². The third-order valence-corrected chi connectivity index (χ3v) is 3.97. The highest BCUT2D eigenvalue weighted by Gasteiger charge is 2.26. The number of rotatable bonds is 9. The molecule has 1 fully saturated rings. The highest BCUT2D eigenvalue weighted by Crippen LogP contribution is 2.20. The minimum Gasteiger partial charge on any atom is -0.382 e. The largest absolute Gasteiger partial charge is 0.382 e. The van der Waals surface area contributed by atoms with Crippen LogP contribution in [0.15, 0.2) is 0 Å². The van der Waals surface area contributed by atoms with Crippen LogP contribution in [0.25, 0.3) is 0 Å². The lowest BCUT2D eigenvalue weighted by Crippen LogP contribution is -2.49. The molecule has 1 aliphatic heterocycles. The SMILES string of the molecule is CCCNC1CCN(CCCOCC)CC1CC. The maximum absolute atomic E-state index is 5.41. The van der Waals surface area contributed by atoms with Crippen molar-refractivity contribution in [2.45, 2.75) is 52.5 Å². The van der Waals surface area contributed by atoms with Crippen LogP contribution in [-0.4, -0.2) is 50.3 Å². The molecule has 1 saturated heterocycles. The fourth-order valence-corrected chi connectivity index (χ4v) is 2.86. The zero-order valence-electron chi connectivity index (χ0n) is 12.6. The summed E-state index contributed by atoms with van der Waals surface area (Å²) in [5, 5.41) is 3.72. The zero-order chi connectivity index (χ0) is 13.2. The molecule has 1 heterocycles. The molecule has 0 aromatic rings. The van der Waals surface area contributed by atoms with Gasteiger partial charge in [-0.2, -0.15) is 0 Å². The van der Waals surface area contributed by atoms with Gasteiger partial charge in [0.15, 0.2) is 0 Å². The van der Waals surface area contributed by atoms with Gasteiger partial charge in [-0.25, -0.2) is 0 Å². The summed E-state index contributed by atoms with van der Waals surface area (Å²) in [6.07, 6.45) is 5.03. The summed E-state index contributed by atoms with van der Waals surface area (Å²) in [6, 6.07) is 0.748. The van der Waals surface area contributed by atoms with Gasteiger partial charge in [0, 0.05) is 32.3 Å². The van der Waals surface area contributed by atoms with Crippen molar-refractivity contribution in [3.05, 3.63) is 0 Å². The van der Waals surface area contributed by atoms with Crippen LogP contribution >= 0.6 is 0 Å². The number of hydrogen-bond acceptors (Lipinski definition) is 3. The van der Waals surface area contributed by atoms with E-state index in [9.17, 15) is 0 Å². The second-order valence-corrected chi connectivity index (χ2v) is 5.37. The molecule has 0 aliphatic carbocycles. The third kappa shape index (κ3) is 5.68. The molecule has 1 N–H and O–H groups in total. The van der Waals surface area contributed by atoms with Crippen LogP contribution in [0.1, 0.15) is 46.5 Å². The van der Waals surface area contributed by atoms with Crippen molar-refractivity contribution in [3.8, 4) is 0 Å². The summed E-state index contributed by atoms with van der Waals surface area (Å²) in [5.41, 5.74) is 0. The number of nitrogens with zero attached hydrogens (tertiary/aromatic N) is 1. The summed E-state index contributed by atoms with van der Waals surface area (Å²) in [6.45, 7) is 13.3. The van der Waals surface area contributed by atoms with Crippen molar-refractivity contribution in [2.75, 3.05) is 39.4 Å². The summed E-state index contributed by atoms with van der Waals surface area (Å²) < 4.78 is 5.41. The van der Waals surface area contributed by atoms with E-state index in [2.05, 4.69) is 31.0 Å². The lowest BCUT2D eigenvalue weighted by Gasteiger charge is -2.38. The molecule has 2 unspecified atom stereocenters. The average molecular weight is 256 g/mol. The molecule has 0 amide bonds. The van der Waals surface area contributed by atoms with E-state index in [1.165, 1.54) is 51.9 Å². The zero-order valence-corrected chi connectivity index (χ0v) is 12.6. The van der Waals surface area contributed by atoms with Crippen molar-refractivity contribution in [1.29, 1.82) is 0 Å². The summed E-state index contributed by atoms with van der Waals surface area (Å²) in [7, 11) is 0. The van der Waals surface area contributed by atoms with Crippen molar-refractivity contribution in [3.63, 3.8) is 0 Å². The van der Waals surface area contributed by atoms with Gasteiger partial charge in [-0.15, -0.1) is 0 Å². The van der Waals surface area contributed by atoms with Crippen molar-refractivity contribution >= 4 is 0 Å². The average Bonchev–Trinajstić information content (AvgIpc) is 2.41. The van der Waals surface area contributed by atoms with Crippen LogP contribution < -0.4 is 5.32 Å². The molecule has 0 spiro atoms. The predicted molar refractivity (Wildman–Crippen MR) is 78.0 cm³/mol. The van der Waals surface area contributed by atoms with Gasteiger partial charge < -0.3 is 15.0 Å². The fraction of sp³-hybridized carbons (Fsp3) is 1.00. The quantitative estimate of drug-likeness (QED) is 0.642. The molecule has 3 heteroatoms. The first-order valence-corrected chi connectivity index (χ1v) is 7.85. The minimum atomic E-state index is 0.748. The number of likely N-dealkylation sites (tertiary alicyclic amines) is 1. The maximum atomic E-state index is 5.41. The standard InChI is InChI=1S/C15H32N2O/c1-4-9-16-15-8-11-17(13-14(15)5-2)10-7-12-18-6-3/h14-16H,4-13H2,1-3H3. The number of hydrogen-bond donors (Lipinski definition) is 1. The smallest absolute Gasteiger partial charge is 0.0478 e. The Hall–Kier alpha value is -0.120. The van der Waals surface area contributed by atoms with Crippen LogP contribution in [-0.2, 0) is 4.74 Å². The highest BCUT2D eigenvalue weighted by atomic mass is 16.5. The Morgan fingerprint density at radius 3 is 2.78 bits per heavy atom. The molecule has 108 valence electrons. The molecule has 0 bridgehead atoms. The van der Waals surface area contributed by atoms with E-state index < -0.39 is 0 Å². The van der Waals surface area contributed by atoms with E-state index >= 15 is 0 Å². The van der Waals surface area contributed by atoms with Crippen LogP contribution in [0, 0.1) is 5.92 Å². The lowest BCUT2D eigenvalue weighted by atomic mass is 9.89. The fourth-order valence-electron chi connectivity index (χ4n) is 2.86. The molecule has 0 saturated carbocycles. The molecule has 2 atom stereocenters. The van der Waals surface area contributed by atoms with Gasteiger partial charge in [0.25, 0.3) is 0 Å². The molecule has 1 aliphatic rings. The van der Waals surface area contributed by atoms with Crippen LogP contribution in [0.4, 0.5) is 0 Å². The molecule has 0 radical (unpaired) electrons. The topological polar surface area (TPSA) is 24.5 Å². The monoisotopic (exact) mass is 256 g/mol. The van der Waals surface area contributed by atoms with Gasteiger partial charge in [0.05, 0.1) is 0 Å². The summed E-state index contributed by atoms with van der Waals surface area (Å²) in [4.78, 5) is 2.62. The molecular formula is C15H32N2O. The minimum absolute atomic E-state index is 0.748. The number of nitrogens with one attached hydrogen (secondary N) is 1. The van der Waals surface area contributed by atoms with Crippen LogP contribution in [0.2, 0.25) is 0 Å². The van der Waals surface area contributed by atoms with E-state index in [0.717, 1.165) is 25.2 Å². The molecule has 3 nitrogen and oxygen atoms in total. The molecule has 1 rings (SSSR count). The molecule has 0 aromatic carbocycles. The van der Waals surface area contributed by atoms with Crippen LogP contribution in [0.3, 0.4) is 0 Å². The number of piperidine rings is 1. The summed E-state index contributed by atoms with van der Waals surface area (Å²) in [5.74, 6) is 0.831. The Morgan fingerprint density at radius 2 is 2.11 bits per heavy atom. The number of ether oxygens (including phenoxy) is 1. The highest BCUT2D eigenvalue weighted by molar-refractivity contribution is 4.84. The van der Waals surface area contributed by atoms with Crippen molar-refractivity contribution in [1.82, 2.24) is 10.2 Å². The van der Waals surface area contributed by atoms with E-state index in [4.69, 9.17) is 4.74 Å². The first kappa shape index (κ1) is 15.9. The first-order valence-electron chi connectivity index (χ1n) is 7.85. The Labute approximate surface area is 113 Å².